The number of hydrogen-bond acceptors (Lipinski definition) is 4. The summed E-state index contributed by atoms with van der Waals surface area (Å²) in [6.45, 7) is 0.331. The molecule has 6 nitrogen and oxygen atoms in total. The van der Waals surface area contributed by atoms with Crippen molar-refractivity contribution in [1.29, 1.82) is 0 Å². The molecule has 7 heteroatoms. The highest BCUT2D eigenvalue weighted by atomic mass is 32.2. The van der Waals surface area contributed by atoms with Crippen LogP contribution < -0.4 is 10.0 Å². The average molecular weight is 374 g/mol. The topological polar surface area (TPSA) is 92.3 Å². The van der Waals surface area contributed by atoms with E-state index in [0.29, 0.717) is 17.7 Å². The number of carbonyl (C=O) groups excluding carboxylic acids is 2. The van der Waals surface area contributed by atoms with Gasteiger partial charge in [-0.25, -0.2) is 13.1 Å². The van der Waals surface area contributed by atoms with Gasteiger partial charge in [-0.1, -0.05) is 54.6 Å². The first-order chi connectivity index (χ1) is 12.4. The minimum atomic E-state index is -3.30. The molecule has 2 aromatic carbocycles. The van der Waals surface area contributed by atoms with E-state index in [1.165, 1.54) is 7.05 Å². The van der Waals surface area contributed by atoms with E-state index in [4.69, 9.17) is 0 Å². The van der Waals surface area contributed by atoms with E-state index in [9.17, 15) is 18.0 Å². The fourth-order valence-corrected chi connectivity index (χ4v) is 3.11. The van der Waals surface area contributed by atoms with Gasteiger partial charge in [-0.2, -0.15) is 0 Å². The SMILES string of the molecule is CNS(=O)(=O)Cc1ccc(CNC(=O)CCC(=O)c2ccccc2)cc1. The largest absolute Gasteiger partial charge is 0.352 e. The second-order valence-electron chi connectivity index (χ2n) is 5.85. The van der Waals surface area contributed by atoms with Crippen molar-refractivity contribution < 1.29 is 18.0 Å². The van der Waals surface area contributed by atoms with Crippen molar-refractivity contribution in [1.82, 2.24) is 10.0 Å². The Kier molecular flexibility index (Phi) is 7.06. The molecule has 138 valence electrons. The maximum absolute atomic E-state index is 12.0. The van der Waals surface area contributed by atoms with Crippen LogP contribution in [-0.2, 0) is 27.1 Å². The zero-order chi connectivity index (χ0) is 19.0. The van der Waals surface area contributed by atoms with Gasteiger partial charge in [0, 0.05) is 24.9 Å². The molecule has 0 bridgehead atoms. The third kappa shape index (κ3) is 6.42. The van der Waals surface area contributed by atoms with Crippen LogP contribution in [0.5, 0.6) is 0 Å². The molecule has 0 aromatic heterocycles. The molecule has 0 atom stereocenters. The van der Waals surface area contributed by atoms with Crippen LogP contribution in [-0.4, -0.2) is 27.2 Å². The molecule has 0 aliphatic heterocycles. The Morgan fingerprint density at radius 3 is 2.12 bits per heavy atom. The molecule has 0 radical (unpaired) electrons. The Balaban J connectivity index is 1.77. The number of ketones is 1. The molecular formula is C19H22N2O4S. The van der Waals surface area contributed by atoms with Crippen LogP contribution in [0, 0.1) is 0 Å². The minimum Gasteiger partial charge on any atom is -0.352 e. The maximum Gasteiger partial charge on any atom is 0.220 e. The third-order valence-electron chi connectivity index (χ3n) is 3.86. The van der Waals surface area contributed by atoms with E-state index in [0.717, 1.165) is 5.56 Å². The number of sulfonamides is 1. The molecule has 0 aliphatic carbocycles. The molecular weight excluding hydrogens is 352 g/mol. The first-order valence-corrected chi connectivity index (χ1v) is 9.89. The number of Topliss-reactive ketones (excluding diaryl/α,β-unsaturated/α-hetero) is 1. The second-order valence-corrected chi connectivity index (χ2v) is 7.77. The lowest BCUT2D eigenvalue weighted by Crippen LogP contribution is -2.23. The summed E-state index contributed by atoms with van der Waals surface area (Å²) in [6.07, 6.45) is 0.295. The van der Waals surface area contributed by atoms with Gasteiger partial charge in [0.1, 0.15) is 0 Å². The molecule has 0 saturated heterocycles. The molecule has 2 rings (SSSR count). The van der Waals surface area contributed by atoms with Gasteiger partial charge in [0.15, 0.2) is 5.78 Å². The zero-order valence-corrected chi connectivity index (χ0v) is 15.4. The van der Waals surface area contributed by atoms with Gasteiger partial charge >= 0.3 is 0 Å². The lowest BCUT2D eigenvalue weighted by molar-refractivity contribution is -0.121. The van der Waals surface area contributed by atoms with Crippen LogP contribution in [0.4, 0.5) is 0 Å². The van der Waals surface area contributed by atoms with Gasteiger partial charge in [0.2, 0.25) is 15.9 Å². The zero-order valence-electron chi connectivity index (χ0n) is 14.6. The molecule has 1 amide bonds. The molecule has 0 fully saturated rings. The number of hydrogen-bond donors (Lipinski definition) is 2. The van der Waals surface area contributed by atoms with Gasteiger partial charge in [-0.05, 0) is 18.2 Å². The molecule has 0 spiro atoms. The standard InChI is InChI=1S/C19H22N2O4S/c1-20-26(24,25)14-16-9-7-15(8-10-16)13-21-19(23)12-11-18(22)17-5-3-2-4-6-17/h2-10,20H,11-14H2,1H3,(H,21,23). The van der Waals surface area contributed by atoms with Crippen molar-refractivity contribution in [2.45, 2.75) is 25.1 Å². The summed E-state index contributed by atoms with van der Waals surface area (Å²) in [5, 5.41) is 2.76. The molecule has 0 heterocycles. The average Bonchev–Trinajstić information content (AvgIpc) is 2.66. The summed E-state index contributed by atoms with van der Waals surface area (Å²) in [6, 6.07) is 15.9. The van der Waals surface area contributed by atoms with Crippen LogP contribution in [0.3, 0.4) is 0 Å². The summed E-state index contributed by atoms with van der Waals surface area (Å²) in [7, 11) is -1.92. The summed E-state index contributed by atoms with van der Waals surface area (Å²) >= 11 is 0. The Bertz CT molecular complexity index is 847. The number of benzene rings is 2. The summed E-state index contributed by atoms with van der Waals surface area (Å²) in [4.78, 5) is 23.9. The third-order valence-corrected chi connectivity index (χ3v) is 5.19. The highest BCUT2D eigenvalue weighted by molar-refractivity contribution is 7.88. The number of nitrogens with one attached hydrogen (secondary N) is 2. The Labute approximate surface area is 153 Å². The van der Waals surface area contributed by atoms with Gasteiger partial charge in [0.05, 0.1) is 5.75 Å². The van der Waals surface area contributed by atoms with Gasteiger partial charge in [-0.3, -0.25) is 9.59 Å². The van der Waals surface area contributed by atoms with Crippen molar-refractivity contribution in [3.8, 4) is 0 Å². The van der Waals surface area contributed by atoms with Crippen LogP contribution >= 0.6 is 0 Å². The van der Waals surface area contributed by atoms with Gasteiger partial charge < -0.3 is 5.32 Å². The Morgan fingerprint density at radius 1 is 0.885 bits per heavy atom. The second kappa shape index (κ2) is 9.26. The number of amides is 1. The van der Waals surface area contributed by atoms with Crippen molar-refractivity contribution >= 4 is 21.7 Å². The first-order valence-electron chi connectivity index (χ1n) is 8.23. The van der Waals surface area contributed by atoms with Gasteiger partial charge in [0.25, 0.3) is 0 Å². The maximum atomic E-state index is 12.0. The summed E-state index contributed by atoms with van der Waals surface area (Å²) in [5.74, 6) is -0.343. The van der Waals surface area contributed by atoms with Crippen molar-refractivity contribution in [3.63, 3.8) is 0 Å². The van der Waals surface area contributed by atoms with Crippen molar-refractivity contribution in [2.75, 3.05) is 7.05 Å². The van der Waals surface area contributed by atoms with Crippen molar-refractivity contribution in [3.05, 3.63) is 71.3 Å². The normalized spacial score (nSPS) is 11.1. The predicted molar refractivity (Wildman–Crippen MR) is 100.0 cm³/mol. The van der Waals surface area contributed by atoms with E-state index in [1.807, 2.05) is 6.07 Å². The molecule has 0 saturated carbocycles. The molecule has 2 N–H and O–H groups in total. The minimum absolute atomic E-state index is 0.0594. The van der Waals surface area contributed by atoms with Crippen LogP contribution in [0.1, 0.15) is 34.3 Å². The fourth-order valence-electron chi connectivity index (χ4n) is 2.33. The van der Waals surface area contributed by atoms with E-state index in [2.05, 4.69) is 10.0 Å². The molecule has 0 aliphatic rings. The Morgan fingerprint density at radius 2 is 1.50 bits per heavy atom. The number of carbonyl (C=O) groups is 2. The monoisotopic (exact) mass is 374 g/mol. The van der Waals surface area contributed by atoms with E-state index in [1.54, 1.807) is 48.5 Å². The van der Waals surface area contributed by atoms with Crippen molar-refractivity contribution in [2.24, 2.45) is 0 Å². The Hall–Kier alpha value is -2.51. The summed E-state index contributed by atoms with van der Waals surface area (Å²) in [5.41, 5.74) is 2.13. The number of rotatable bonds is 9. The lowest BCUT2D eigenvalue weighted by Gasteiger charge is -2.07. The van der Waals surface area contributed by atoms with E-state index >= 15 is 0 Å². The molecule has 2 aromatic rings. The highest BCUT2D eigenvalue weighted by Gasteiger charge is 2.10. The van der Waals surface area contributed by atoms with Crippen LogP contribution in [0.25, 0.3) is 0 Å². The first kappa shape index (κ1) is 19.8. The quantitative estimate of drug-likeness (QED) is 0.657. The van der Waals surface area contributed by atoms with E-state index < -0.39 is 10.0 Å². The van der Waals surface area contributed by atoms with E-state index in [-0.39, 0.29) is 30.3 Å². The lowest BCUT2D eigenvalue weighted by atomic mass is 10.1. The predicted octanol–water partition coefficient (Wildman–Crippen LogP) is 2.02. The van der Waals surface area contributed by atoms with Crippen LogP contribution in [0.2, 0.25) is 0 Å². The fraction of sp³-hybridized carbons (Fsp3) is 0.263. The smallest absolute Gasteiger partial charge is 0.220 e. The van der Waals surface area contributed by atoms with Gasteiger partial charge in [-0.15, -0.1) is 0 Å². The highest BCUT2D eigenvalue weighted by Crippen LogP contribution is 2.08. The van der Waals surface area contributed by atoms with Crippen LogP contribution in [0.15, 0.2) is 54.6 Å². The molecule has 0 unspecified atom stereocenters. The molecule has 26 heavy (non-hydrogen) atoms. The summed E-state index contributed by atoms with van der Waals surface area (Å²) < 4.78 is 25.3.